The molecule has 2 N–H and O–H groups in total. The summed E-state index contributed by atoms with van der Waals surface area (Å²) in [4.78, 5) is 23.0. The molecular formula is C12H18N6O. The van der Waals surface area contributed by atoms with E-state index in [-0.39, 0.29) is 11.9 Å². The molecule has 0 aromatic carbocycles. The van der Waals surface area contributed by atoms with Gasteiger partial charge < -0.3 is 10.3 Å². The molecule has 1 amide bonds. The maximum absolute atomic E-state index is 12.0. The Balaban J connectivity index is 2.15. The molecule has 0 saturated carbocycles. The van der Waals surface area contributed by atoms with Crippen molar-refractivity contribution >= 4 is 5.91 Å². The van der Waals surface area contributed by atoms with Gasteiger partial charge in [-0.3, -0.25) is 9.48 Å². The molecule has 0 aliphatic heterocycles. The highest BCUT2D eigenvalue weighted by atomic mass is 16.2. The number of nitrogens with one attached hydrogen (secondary N) is 2. The molecule has 2 rings (SSSR count). The fraction of sp³-hybridized carbons (Fsp3) is 0.500. The van der Waals surface area contributed by atoms with Crippen LogP contribution in [0.3, 0.4) is 0 Å². The second-order valence-electron chi connectivity index (χ2n) is 4.84. The number of H-pyrrole nitrogens is 1. The van der Waals surface area contributed by atoms with E-state index in [0.29, 0.717) is 11.7 Å². The van der Waals surface area contributed by atoms with Gasteiger partial charge in [0, 0.05) is 19.4 Å². The Labute approximate surface area is 111 Å². The molecule has 0 bridgehead atoms. The molecule has 0 saturated heterocycles. The molecule has 2 aromatic heterocycles. The summed E-state index contributed by atoms with van der Waals surface area (Å²) >= 11 is 0. The van der Waals surface area contributed by atoms with Crippen LogP contribution in [0.2, 0.25) is 0 Å². The minimum absolute atomic E-state index is 0.176. The fourth-order valence-corrected chi connectivity index (χ4v) is 1.94. The summed E-state index contributed by atoms with van der Waals surface area (Å²) in [5.74, 6) is 1.24. The number of amides is 1. The van der Waals surface area contributed by atoms with E-state index in [2.05, 4.69) is 39.2 Å². The van der Waals surface area contributed by atoms with Gasteiger partial charge in [-0.15, -0.1) is 0 Å². The molecule has 102 valence electrons. The quantitative estimate of drug-likeness (QED) is 0.843. The lowest BCUT2D eigenvalue weighted by Gasteiger charge is -2.19. The number of aromatic amines is 1. The molecule has 7 heteroatoms. The summed E-state index contributed by atoms with van der Waals surface area (Å²) < 4.78 is 1.68. The van der Waals surface area contributed by atoms with Crippen LogP contribution in [0, 0.1) is 5.92 Å². The smallest absolute Gasteiger partial charge is 0.287 e. The first-order valence-electron chi connectivity index (χ1n) is 6.22. The highest BCUT2D eigenvalue weighted by Gasteiger charge is 2.21. The molecule has 19 heavy (non-hydrogen) atoms. The summed E-state index contributed by atoms with van der Waals surface area (Å²) in [6, 6.07) is -0.176. The third kappa shape index (κ3) is 3.18. The van der Waals surface area contributed by atoms with Crippen molar-refractivity contribution < 1.29 is 4.79 Å². The molecule has 0 spiro atoms. The van der Waals surface area contributed by atoms with Crippen LogP contribution in [0.4, 0.5) is 0 Å². The first-order valence-corrected chi connectivity index (χ1v) is 6.22. The topological polar surface area (TPSA) is 88.5 Å². The number of aromatic nitrogens is 5. The molecule has 0 fully saturated rings. The maximum atomic E-state index is 12.0. The average molecular weight is 262 g/mol. The van der Waals surface area contributed by atoms with Crippen LogP contribution in [0.25, 0.3) is 0 Å². The SMILES string of the molecule is CC(C)C[C@@H](NC(=O)c1ncc[nH]1)c1ncnn1C. The molecule has 7 nitrogen and oxygen atoms in total. The number of carbonyl (C=O) groups excluding carboxylic acids is 1. The number of aryl methyl sites for hydroxylation is 1. The molecule has 1 atom stereocenters. The van der Waals surface area contributed by atoms with Crippen molar-refractivity contribution in [3.05, 3.63) is 30.4 Å². The Morgan fingerprint density at radius 2 is 2.26 bits per heavy atom. The van der Waals surface area contributed by atoms with Crippen LogP contribution < -0.4 is 5.32 Å². The summed E-state index contributed by atoms with van der Waals surface area (Å²) in [5.41, 5.74) is 0. The lowest BCUT2D eigenvalue weighted by atomic mass is 10.0. The number of hydrogen-bond acceptors (Lipinski definition) is 4. The predicted molar refractivity (Wildman–Crippen MR) is 69.3 cm³/mol. The average Bonchev–Trinajstić information content (AvgIpc) is 2.97. The van der Waals surface area contributed by atoms with E-state index < -0.39 is 0 Å². The van der Waals surface area contributed by atoms with Crippen LogP contribution in [0.15, 0.2) is 18.7 Å². The van der Waals surface area contributed by atoms with Gasteiger partial charge >= 0.3 is 0 Å². The standard InChI is InChI=1S/C12H18N6O/c1-8(2)6-9(11-15-7-16-18(11)3)17-12(19)10-13-4-5-14-10/h4-5,7-9H,6H2,1-3H3,(H,13,14)(H,17,19)/t9-/m1/s1. The maximum Gasteiger partial charge on any atom is 0.287 e. The first-order chi connectivity index (χ1) is 9.08. The van der Waals surface area contributed by atoms with Crippen molar-refractivity contribution in [1.82, 2.24) is 30.0 Å². The fourth-order valence-electron chi connectivity index (χ4n) is 1.94. The summed E-state index contributed by atoms with van der Waals surface area (Å²) in [5, 5.41) is 6.98. The Morgan fingerprint density at radius 1 is 1.47 bits per heavy atom. The Morgan fingerprint density at radius 3 is 2.79 bits per heavy atom. The van der Waals surface area contributed by atoms with E-state index in [9.17, 15) is 4.79 Å². The van der Waals surface area contributed by atoms with Gasteiger partial charge in [0.25, 0.3) is 5.91 Å². The van der Waals surface area contributed by atoms with Gasteiger partial charge in [-0.25, -0.2) is 9.97 Å². The van der Waals surface area contributed by atoms with Crippen LogP contribution >= 0.6 is 0 Å². The van der Waals surface area contributed by atoms with Gasteiger partial charge in [0.15, 0.2) is 5.82 Å². The molecule has 0 unspecified atom stereocenters. The van der Waals surface area contributed by atoms with Crippen LogP contribution in [0.1, 0.15) is 42.8 Å². The van der Waals surface area contributed by atoms with E-state index in [1.807, 2.05) is 7.05 Å². The molecule has 0 radical (unpaired) electrons. The van der Waals surface area contributed by atoms with E-state index in [1.165, 1.54) is 6.33 Å². The highest BCUT2D eigenvalue weighted by molar-refractivity contribution is 5.90. The number of nitrogens with zero attached hydrogens (tertiary/aromatic N) is 4. The molecule has 2 aromatic rings. The second kappa shape index (κ2) is 5.64. The van der Waals surface area contributed by atoms with Gasteiger partial charge in [-0.05, 0) is 12.3 Å². The number of carbonyl (C=O) groups is 1. The van der Waals surface area contributed by atoms with Crippen LogP contribution in [-0.4, -0.2) is 30.6 Å². The zero-order valence-corrected chi connectivity index (χ0v) is 11.3. The molecular weight excluding hydrogens is 244 g/mol. The molecule has 0 aliphatic carbocycles. The second-order valence-corrected chi connectivity index (χ2v) is 4.84. The lowest BCUT2D eigenvalue weighted by Crippen LogP contribution is -2.32. The van der Waals surface area contributed by atoms with E-state index in [1.54, 1.807) is 17.1 Å². The van der Waals surface area contributed by atoms with Gasteiger partial charge in [0.2, 0.25) is 0 Å². The largest absolute Gasteiger partial charge is 0.341 e. The van der Waals surface area contributed by atoms with Gasteiger partial charge in [-0.1, -0.05) is 13.8 Å². The Hall–Kier alpha value is -2.18. The number of imidazole rings is 1. The van der Waals surface area contributed by atoms with E-state index in [4.69, 9.17) is 0 Å². The van der Waals surface area contributed by atoms with Crippen molar-refractivity contribution in [2.75, 3.05) is 0 Å². The summed E-state index contributed by atoms with van der Waals surface area (Å²) in [7, 11) is 1.81. The Kier molecular flexibility index (Phi) is 3.94. The predicted octanol–water partition coefficient (Wildman–Crippen LogP) is 1.06. The number of hydrogen-bond donors (Lipinski definition) is 2. The molecule has 2 heterocycles. The third-order valence-corrected chi connectivity index (χ3v) is 2.78. The van der Waals surface area contributed by atoms with Gasteiger partial charge in [-0.2, -0.15) is 5.10 Å². The van der Waals surface area contributed by atoms with Gasteiger partial charge in [0.05, 0.1) is 6.04 Å². The lowest BCUT2D eigenvalue weighted by molar-refractivity contribution is 0.0919. The van der Waals surface area contributed by atoms with Crippen molar-refractivity contribution in [2.45, 2.75) is 26.3 Å². The van der Waals surface area contributed by atoms with Crippen molar-refractivity contribution in [1.29, 1.82) is 0 Å². The molecule has 0 aliphatic rings. The monoisotopic (exact) mass is 262 g/mol. The minimum atomic E-state index is -0.237. The van der Waals surface area contributed by atoms with Crippen molar-refractivity contribution in [3.63, 3.8) is 0 Å². The first kappa shape index (κ1) is 13.3. The number of rotatable bonds is 5. The van der Waals surface area contributed by atoms with Crippen molar-refractivity contribution in [3.8, 4) is 0 Å². The zero-order valence-electron chi connectivity index (χ0n) is 11.3. The summed E-state index contributed by atoms with van der Waals surface area (Å²) in [6.07, 6.45) is 5.45. The third-order valence-electron chi connectivity index (χ3n) is 2.78. The Bertz CT molecular complexity index is 530. The van der Waals surface area contributed by atoms with E-state index >= 15 is 0 Å². The zero-order chi connectivity index (χ0) is 13.8. The van der Waals surface area contributed by atoms with Gasteiger partial charge in [0.1, 0.15) is 12.2 Å². The van der Waals surface area contributed by atoms with Crippen LogP contribution in [-0.2, 0) is 7.05 Å². The normalized spacial score (nSPS) is 12.6. The van der Waals surface area contributed by atoms with Crippen molar-refractivity contribution in [2.24, 2.45) is 13.0 Å². The summed E-state index contributed by atoms with van der Waals surface area (Å²) in [6.45, 7) is 4.20. The van der Waals surface area contributed by atoms with E-state index in [0.717, 1.165) is 12.2 Å². The van der Waals surface area contributed by atoms with Crippen LogP contribution in [0.5, 0.6) is 0 Å². The highest BCUT2D eigenvalue weighted by Crippen LogP contribution is 2.19. The minimum Gasteiger partial charge on any atom is -0.341 e.